The molecule has 0 saturated carbocycles. The first-order chi connectivity index (χ1) is 15.5. The summed E-state index contributed by atoms with van der Waals surface area (Å²) in [6.07, 6.45) is 1.54. The third-order valence-corrected chi connectivity index (χ3v) is 6.87. The summed E-state index contributed by atoms with van der Waals surface area (Å²) in [6.45, 7) is 7.88. The lowest BCUT2D eigenvalue weighted by Gasteiger charge is -2.37. The molecule has 3 aromatic carbocycles. The molecule has 0 atom stereocenters. The number of amides is 1. The third kappa shape index (κ3) is 4.03. The van der Waals surface area contributed by atoms with Gasteiger partial charge in [-0.05, 0) is 53.8 Å². The first-order valence-electron chi connectivity index (χ1n) is 11.5. The molecule has 3 aromatic rings. The number of hydrogen-bond donors (Lipinski definition) is 0. The highest BCUT2D eigenvalue weighted by Gasteiger charge is 2.47. The lowest BCUT2D eigenvalue weighted by atomic mass is 9.90. The molecule has 1 amide bonds. The lowest BCUT2D eigenvalue weighted by molar-refractivity contribution is -0.000978. The highest BCUT2D eigenvalue weighted by Crippen LogP contribution is 2.36. The first kappa shape index (κ1) is 20.8. The van der Waals surface area contributed by atoms with Crippen LogP contribution in [0.25, 0.3) is 11.1 Å². The SMILES string of the molecule is Cc1cc(CN2CCC3(CC2)CN(c2ccccc2)C(=O)O3)cc(C)c1-c1ccccc1. The van der Waals surface area contributed by atoms with E-state index in [0.29, 0.717) is 6.54 Å². The Balaban J connectivity index is 1.24. The van der Waals surface area contributed by atoms with Gasteiger partial charge in [0.15, 0.2) is 0 Å². The minimum atomic E-state index is -0.355. The van der Waals surface area contributed by atoms with E-state index in [1.165, 1.54) is 27.8 Å². The van der Waals surface area contributed by atoms with Gasteiger partial charge < -0.3 is 4.74 Å². The van der Waals surface area contributed by atoms with Crippen molar-refractivity contribution in [3.05, 3.63) is 89.5 Å². The highest BCUT2D eigenvalue weighted by molar-refractivity contribution is 5.90. The number of nitrogens with zero attached hydrogens (tertiary/aromatic N) is 2. The summed E-state index contributed by atoms with van der Waals surface area (Å²) >= 11 is 0. The monoisotopic (exact) mass is 426 g/mol. The first-order valence-corrected chi connectivity index (χ1v) is 11.5. The van der Waals surface area contributed by atoms with Gasteiger partial charge in [0.2, 0.25) is 0 Å². The number of rotatable bonds is 4. The van der Waals surface area contributed by atoms with Gasteiger partial charge in [-0.2, -0.15) is 0 Å². The molecule has 4 heteroatoms. The molecule has 164 valence electrons. The van der Waals surface area contributed by atoms with Crippen LogP contribution in [0.2, 0.25) is 0 Å². The number of hydrogen-bond acceptors (Lipinski definition) is 3. The van der Waals surface area contributed by atoms with E-state index < -0.39 is 0 Å². The third-order valence-electron chi connectivity index (χ3n) is 6.87. The molecule has 1 spiro atoms. The van der Waals surface area contributed by atoms with E-state index in [9.17, 15) is 4.79 Å². The van der Waals surface area contributed by atoms with Crippen LogP contribution in [0.15, 0.2) is 72.8 Å². The van der Waals surface area contributed by atoms with Crippen molar-refractivity contribution in [2.45, 2.75) is 38.8 Å². The molecule has 0 radical (unpaired) electrons. The van der Waals surface area contributed by atoms with Gasteiger partial charge in [0.25, 0.3) is 0 Å². The molecule has 0 aliphatic carbocycles. The van der Waals surface area contributed by atoms with Crippen LogP contribution < -0.4 is 4.90 Å². The number of anilines is 1. The second-order valence-corrected chi connectivity index (χ2v) is 9.22. The van der Waals surface area contributed by atoms with Crippen molar-refractivity contribution in [2.24, 2.45) is 0 Å². The fraction of sp³-hybridized carbons (Fsp3) is 0.321. The number of piperidine rings is 1. The van der Waals surface area contributed by atoms with E-state index >= 15 is 0 Å². The quantitative estimate of drug-likeness (QED) is 0.516. The topological polar surface area (TPSA) is 32.8 Å². The minimum absolute atomic E-state index is 0.215. The molecule has 2 heterocycles. The van der Waals surface area contributed by atoms with E-state index in [2.05, 4.69) is 61.2 Å². The molecule has 0 bridgehead atoms. The fourth-order valence-electron chi connectivity index (χ4n) is 5.27. The Hall–Kier alpha value is -3.11. The van der Waals surface area contributed by atoms with Crippen molar-refractivity contribution in [2.75, 3.05) is 24.5 Å². The Bertz CT molecular complexity index is 1080. The van der Waals surface area contributed by atoms with Crippen LogP contribution in [0.3, 0.4) is 0 Å². The fourth-order valence-corrected chi connectivity index (χ4v) is 5.27. The molecule has 32 heavy (non-hydrogen) atoms. The standard InChI is InChI=1S/C28H30N2O2/c1-21-17-23(18-22(2)26(21)24-9-5-3-6-10-24)19-29-15-13-28(14-16-29)20-30(27(31)32-28)25-11-7-4-8-12-25/h3-12,17-18H,13-16,19-20H2,1-2H3. The van der Waals surface area contributed by atoms with Crippen molar-refractivity contribution >= 4 is 11.8 Å². The summed E-state index contributed by atoms with van der Waals surface area (Å²) in [7, 11) is 0. The van der Waals surface area contributed by atoms with Gasteiger partial charge in [-0.25, -0.2) is 4.79 Å². The van der Waals surface area contributed by atoms with Crippen LogP contribution in [-0.2, 0) is 11.3 Å². The molecule has 5 rings (SSSR count). The largest absolute Gasteiger partial charge is 0.441 e. The number of carbonyl (C=O) groups is 1. The minimum Gasteiger partial charge on any atom is -0.441 e. The summed E-state index contributed by atoms with van der Waals surface area (Å²) in [4.78, 5) is 16.8. The average Bonchev–Trinajstić information content (AvgIpc) is 3.12. The summed E-state index contributed by atoms with van der Waals surface area (Å²) < 4.78 is 5.92. The average molecular weight is 427 g/mol. The summed E-state index contributed by atoms with van der Waals surface area (Å²) in [5.41, 5.74) is 7.18. The lowest BCUT2D eigenvalue weighted by Crippen LogP contribution is -2.46. The van der Waals surface area contributed by atoms with Gasteiger partial charge >= 0.3 is 6.09 Å². The van der Waals surface area contributed by atoms with Gasteiger partial charge in [-0.3, -0.25) is 9.80 Å². The van der Waals surface area contributed by atoms with Crippen molar-refractivity contribution in [3.63, 3.8) is 0 Å². The van der Waals surface area contributed by atoms with E-state index in [0.717, 1.165) is 38.2 Å². The van der Waals surface area contributed by atoms with Crippen LogP contribution in [0.4, 0.5) is 10.5 Å². The number of benzene rings is 3. The Labute approximate surface area is 190 Å². The normalized spacial score (nSPS) is 18.2. The predicted octanol–water partition coefficient (Wildman–Crippen LogP) is 5.96. The Morgan fingerprint density at radius 3 is 2.09 bits per heavy atom. The second kappa shape index (κ2) is 8.44. The van der Waals surface area contributed by atoms with Crippen molar-refractivity contribution in [3.8, 4) is 11.1 Å². The van der Waals surface area contributed by atoms with Gasteiger partial charge in [0.05, 0.1) is 6.54 Å². The van der Waals surface area contributed by atoms with Crippen molar-refractivity contribution < 1.29 is 9.53 Å². The highest BCUT2D eigenvalue weighted by atomic mass is 16.6. The van der Waals surface area contributed by atoms with Crippen LogP contribution in [-0.4, -0.2) is 36.2 Å². The number of ether oxygens (including phenoxy) is 1. The van der Waals surface area contributed by atoms with E-state index in [-0.39, 0.29) is 11.7 Å². The zero-order valence-corrected chi connectivity index (χ0v) is 18.9. The smallest absolute Gasteiger partial charge is 0.415 e. The van der Waals surface area contributed by atoms with E-state index in [1.807, 2.05) is 30.3 Å². The van der Waals surface area contributed by atoms with Gasteiger partial charge in [-0.15, -0.1) is 0 Å². The van der Waals surface area contributed by atoms with Gasteiger partial charge in [0.1, 0.15) is 5.60 Å². The van der Waals surface area contributed by atoms with Gasteiger partial charge in [-0.1, -0.05) is 60.7 Å². The Morgan fingerprint density at radius 1 is 0.875 bits per heavy atom. The molecule has 2 saturated heterocycles. The van der Waals surface area contributed by atoms with Crippen LogP contribution in [0.1, 0.15) is 29.5 Å². The van der Waals surface area contributed by atoms with Crippen molar-refractivity contribution in [1.29, 1.82) is 0 Å². The Morgan fingerprint density at radius 2 is 1.47 bits per heavy atom. The molecule has 2 aliphatic rings. The number of likely N-dealkylation sites (tertiary alicyclic amines) is 1. The molecule has 4 nitrogen and oxygen atoms in total. The van der Waals surface area contributed by atoms with Crippen molar-refractivity contribution in [1.82, 2.24) is 4.90 Å². The zero-order valence-electron chi connectivity index (χ0n) is 18.9. The van der Waals surface area contributed by atoms with Crippen LogP contribution >= 0.6 is 0 Å². The Kier molecular flexibility index (Phi) is 5.48. The van der Waals surface area contributed by atoms with E-state index in [4.69, 9.17) is 4.74 Å². The maximum absolute atomic E-state index is 12.5. The molecular formula is C28H30N2O2. The number of aryl methyl sites for hydroxylation is 2. The summed E-state index contributed by atoms with van der Waals surface area (Å²) in [5, 5.41) is 0. The summed E-state index contributed by atoms with van der Waals surface area (Å²) in [6, 6.07) is 25.1. The summed E-state index contributed by atoms with van der Waals surface area (Å²) in [5.74, 6) is 0. The molecule has 0 N–H and O–H groups in total. The molecular weight excluding hydrogens is 396 g/mol. The van der Waals surface area contributed by atoms with Crippen LogP contribution in [0.5, 0.6) is 0 Å². The molecule has 0 unspecified atom stereocenters. The molecule has 0 aromatic heterocycles. The zero-order chi connectivity index (χ0) is 22.1. The van der Waals surface area contributed by atoms with Gasteiger partial charge in [0, 0.05) is 38.2 Å². The predicted molar refractivity (Wildman–Crippen MR) is 129 cm³/mol. The number of carbonyl (C=O) groups excluding carboxylic acids is 1. The molecule has 2 fully saturated rings. The second-order valence-electron chi connectivity index (χ2n) is 9.22. The maximum atomic E-state index is 12.5. The van der Waals surface area contributed by atoms with E-state index in [1.54, 1.807) is 4.90 Å². The number of para-hydroxylation sites is 1. The maximum Gasteiger partial charge on any atom is 0.415 e. The van der Waals surface area contributed by atoms with Crippen LogP contribution in [0, 0.1) is 13.8 Å². The molecule has 2 aliphatic heterocycles.